The molecule has 0 aromatic carbocycles. The third kappa shape index (κ3) is 9.62. The smallest absolute Gasteiger partial charge is 0.0875 e. The molecule has 0 spiro atoms. The number of halogens is 1. The highest BCUT2D eigenvalue weighted by atomic mass is 35.5. The summed E-state index contributed by atoms with van der Waals surface area (Å²) in [5.41, 5.74) is 6.07. The van der Waals surface area contributed by atoms with Gasteiger partial charge in [-0.2, -0.15) is 11.8 Å². The van der Waals surface area contributed by atoms with Crippen molar-refractivity contribution in [1.29, 1.82) is 0 Å². The Kier molecular flexibility index (Phi) is 11.4. The standard InChI is InChI=1S/C17H30ClNOS/c1-3-21-15(2)14-17-9-7-16(8-10-17)6-4-12-19-20-13-5-11-18/h5-6,11,15,17,19H,3-4,7-10,12-14H2,1-2H3/b11-5+,16-6?. The molecule has 0 radical (unpaired) electrons. The monoisotopic (exact) mass is 331 g/mol. The van der Waals surface area contributed by atoms with E-state index in [1.807, 2.05) is 0 Å². The van der Waals surface area contributed by atoms with Crippen LogP contribution in [0, 0.1) is 5.92 Å². The first-order chi connectivity index (χ1) is 10.3. The predicted octanol–water partition coefficient (Wildman–Crippen LogP) is 5.30. The lowest BCUT2D eigenvalue weighted by atomic mass is 9.83. The van der Waals surface area contributed by atoms with Crippen LogP contribution in [-0.4, -0.2) is 24.2 Å². The summed E-state index contributed by atoms with van der Waals surface area (Å²) < 4.78 is 0. The number of thioether (sulfide) groups is 1. The van der Waals surface area contributed by atoms with Crippen LogP contribution in [0.25, 0.3) is 0 Å². The van der Waals surface area contributed by atoms with E-state index in [9.17, 15) is 0 Å². The number of hydroxylamine groups is 1. The van der Waals surface area contributed by atoms with Crippen molar-refractivity contribution in [2.45, 2.75) is 57.6 Å². The molecule has 1 fully saturated rings. The van der Waals surface area contributed by atoms with Gasteiger partial charge in [0, 0.05) is 17.3 Å². The summed E-state index contributed by atoms with van der Waals surface area (Å²) in [6.07, 6.45) is 12.0. The maximum absolute atomic E-state index is 5.40. The van der Waals surface area contributed by atoms with Crippen LogP contribution in [0.1, 0.15) is 52.4 Å². The highest BCUT2D eigenvalue weighted by molar-refractivity contribution is 7.99. The quantitative estimate of drug-likeness (QED) is 0.333. The summed E-state index contributed by atoms with van der Waals surface area (Å²) >= 11 is 7.51. The molecule has 1 rings (SSSR count). The molecule has 0 aromatic rings. The van der Waals surface area contributed by atoms with E-state index in [0.717, 1.165) is 24.1 Å². The van der Waals surface area contributed by atoms with E-state index in [-0.39, 0.29) is 0 Å². The molecule has 0 aliphatic heterocycles. The average Bonchev–Trinajstić information content (AvgIpc) is 2.48. The zero-order valence-electron chi connectivity index (χ0n) is 13.4. The van der Waals surface area contributed by atoms with Crippen molar-refractivity contribution in [2.75, 3.05) is 18.9 Å². The predicted molar refractivity (Wildman–Crippen MR) is 95.8 cm³/mol. The Labute approximate surface area is 139 Å². The summed E-state index contributed by atoms with van der Waals surface area (Å²) in [6, 6.07) is 0. The van der Waals surface area contributed by atoms with Gasteiger partial charge in [0.2, 0.25) is 0 Å². The molecule has 1 N–H and O–H groups in total. The minimum Gasteiger partial charge on any atom is -0.298 e. The number of hydrogen-bond acceptors (Lipinski definition) is 3. The number of rotatable bonds is 10. The van der Waals surface area contributed by atoms with E-state index < -0.39 is 0 Å². The van der Waals surface area contributed by atoms with Crippen LogP contribution in [0.5, 0.6) is 0 Å². The molecule has 122 valence electrons. The Balaban J connectivity index is 2.07. The fourth-order valence-electron chi connectivity index (χ4n) is 2.86. The fraction of sp³-hybridized carbons (Fsp3) is 0.765. The second-order valence-corrected chi connectivity index (χ2v) is 7.63. The molecule has 1 aliphatic carbocycles. The summed E-state index contributed by atoms with van der Waals surface area (Å²) in [5, 5.41) is 0.828. The molecule has 2 nitrogen and oxygen atoms in total. The van der Waals surface area contributed by atoms with Crippen LogP contribution in [0.3, 0.4) is 0 Å². The molecule has 1 atom stereocenters. The third-order valence-corrected chi connectivity index (χ3v) is 5.19. The largest absolute Gasteiger partial charge is 0.298 e. The van der Waals surface area contributed by atoms with E-state index in [1.165, 1.54) is 43.4 Å². The molecule has 0 heterocycles. The number of hydrogen-bond donors (Lipinski definition) is 1. The normalized spacial score (nSPS) is 20.9. The molecule has 21 heavy (non-hydrogen) atoms. The molecular formula is C17H30ClNOS. The first-order valence-corrected chi connectivity index (χ1v) is 9.64. The van der Waals surface area contributed by atoms with E-state index in [0.29, 0.717) is 6.61 Å². The third-order valence-electron chi connectivity index (χ3n) is 3.91. The minimum atomic E-state index is 0.524. The van der Waals surface area contributed by atoms with Gasteiger partial charge in [-0.3, -0.25) is 4.84 Å². The van der Waals surface area contributed by atoms with Crippen LogP contribution < -0.4 is 5.48 Å². The Morgan fingerprint density at radius 2 is 2.19 bits per heavy atom. The molecule has 0 saturated heterocycles. The van der Waals surface area contributed by atoms with Gasteiger partial charge in [-0.15, -0.1) is 0 Å². The second kappa shape index (κ2) is 12.6. The lowest BCUT2D eigenvalue weighted by Crippen LogP contribution is -2.16. The molecule has 1 aliphatic rings. The first-order valence-electron chi connectivity index (χ1n) is 8.15. The van der Waals surface area contributed by atoms with Crippen LogP contribution in [0.4, 0.5) is 0 Å². The van der Waals surface area contributed by atoms with E-state index in [2.05, 4.69) is 37.2 Å². The van der Waals surface area contributed by atoms with Crippen molar-refractivity contribution in [2.24, 2.45) is 5.92 Å². The molecule has 1 unspecified atom stereocenters. The van der Waals surface area contributed by atoms with Crippen LogP contribution in [0.2, 0.25) is 0 Å². The van der Waals surface area contributed by atoms with Crippen LogP contribution in [0.15, 0.2) is 23.3 Å². The SMILES string of the molecule is CCSC(C)CC1CCC(=CCCNOC/C=C/Cl)CC1. The Morgan fingerprint density at radius 1 is 1.43 bits per heavy atom. The number of nitrogens with one attached hydrogen (secondary N) is 1. The van der Waals surface area contributed by atoms with Crippen molar-refractivity contribution in [1.82, 2.24) is 5.48 Å². The summed E-state index contributed by atoms with van der Waals surface area (Å²) in [4.78, 5) is 5.19. The van der Waals surface area contributed by atoms with Crippen molar-refractivity contribution < 1.29 is 4.84 Å². The number of allylic oxidation sites excluding steroid dienone is 1. The van der Waals surface area contributed by atoms with Crippen molar-refractivity contribution in [3.05, 3.63) is 23.3 Å². The Bertz CT molecular complexity index is 310. The molecule has 0 aromatic heterocycles. The molecule has 0 bridgehead atoms. The van der Waals surface area contributed by atoms with Gasteiger partial charge in [-0.1, -0.05) is 37.1 Å². The highest BCUT2D eigenvalue weighted by Gasteiger charge is 2.18. The fourth-order valence-corrected chi connectivity index (χ4v) is 3.91. The van der Waals surface area contributed by atoms with Gasteiger partial charge in [0.25, 0.3) is 0 Å². The maximum atomic E-state index is 5.40. The van der Waals surface area contributed by atoms with E-state index in [1.54, 1.807) is 11.6 Å². The van der Waals surface area contributed by atoms with E-state index >= 15 is 0 Å². The molecule has 0 amide bonds. The summed E-state index contributed by atoms with van der Waals surface area (Å²) in [7, 11) is 0. The van der Waals surface area contributed by atoms with Crippen molar-refractivity contribution in [3.8, 4) is 0 Å². The van der Waals surface area contributed by atoms with Crippen LogP contribution in [-0.2, 0) is 4.84 Å². The highest BCUT2D eigenvalue weighted by Crippen LogP contribution is 2.33. The van der Waals surface area contributed by atoms with Gasteiger partial charge in [-0.25, -0.2) is 5.48 Å². The van der Waals surface area contributed by atoms with Crippen LogP contribution >= 0.6 is 23.4 Å². The van der Waals surface area contributed by atoms with Crippen molar-refractivity contribution >= 4 is 23.4 Å². The van der Waals surface area contributed by atoms with Gasteiger partial charge in [-0.05, 0) is 56.3 Å². The zero-order valence-corrected chi connectivity index (χ0v) is 15.0. The van der Waals surface area contributed by atoms with Crippen molar-refractivity contribution in [3.63, 3.8) is 0 Å². The van der Waals surface area contributed by atoms with Gasteiger partial charge in [0.05, 0.1) is 6.61 Å². The van der Waals surface area contributed by atoms with Gasteiger partial charge in [0.1, 0.15) is 0 Å². The average molecular weight is 332 g/mol. The zero-order chi connectivity index (χ0) is 15.3. The topological polar surface area (TPSA) is 21.3 Å². The maximum Gasteiger partial charge on any atom is 0.0875 e. The molecular weight excluding hydrogens is 302 g/mol. The summed E-state index contributed by atoms with van der Waals surface area (Å²) in [5.74, 6) is 2.19. The lowest BCUT2D eigenvalue weighted by Gasteiger charge is -2.26. The first kappa shape index (κ1) is 19.1. The Morgan fingerprint density at radius 3 is 2.86 bits per heavy atom. The molecule has 1 saturated carbocycles. The lowest BCUT2D eigenvalue weighted by molar-refractivity contribution is 0.0639. The second-order valence-electron chi connectivity index (χ2n) is 5.66. The summed E-state index contributed by atoms with van der Waals surface area (Å²) in [6.45, 7) is 6.03. The Hall–Kier alpha value is 0.0400. The van der Waals surface area contributed by atoms with Gasteiger partial charge >= 0.3 is 0 Å². The molecule has 4 heteroatoms. The van der Waals surface area contributed by atoms with Gasteiger partial charge in [0.15, 0.2) is 0 Å². The minimum absolute atomic E-state index is 0.524. The van der Waals surface area contributed by atoms with Gasteiger partial charge < -0.3 is 0 Å². The van der Waals surface area contributed by atoms with E-state index in [4.69, 9.17) is 16.4 Å².